The zero-order valence-corrected chi connectivity index (χ0v) is 16.4. The van der Waals surface area contributed by atoms with E-state index < -0.39 is 0 Å². The Kier molecular flexibility index (Phi) is 5.36. The van der Waals surface area contributed by atoms with E-state index in [1.807, 2.05) is 39.0 Å². The molecule has 2 aromatic heterocycles. The fourth-order valence-corrected chi connectivity index (χ4v) is 3.17. The van der Waals surface area contributed by atoms with Gasteiger partial charge in [-0.25, -0.2) is 9.97 Å². The van der Waals surface area contributed by atoms with E-state index in [0.29, 0.717) is 29.6 Å². The van der Waals surface area contributed by atoms with E-state index in [0.717, 1.165) is 28.1 Å². The first-order valence-corrected chi connectivity index (χ1v) is 9.03. The molecule has 1 aromatic carbocycles. The predicted octanol–water partition coefficient (Wildman–Crippen LogP) is 2.24. The van der Waals surface area contributed by atoms with E-state index in [9.17, 15) is 4.79 Å². The van der Waals surface area contributed by atoms with Crippen LogP contribution in [0.2, 0.25) is 0 Å². The molecule has 4 N–H and O–H groups in total. The highest BCUT2D eigenvalue weighted by Crippen LogP contribution is 2.25. The lowest BCUT2D eigenvalue weighted by Gasteiger charge is -2.13. The van der Waals surface area contributed by atoms with Crippen LogP contribution in [-0.4, -0.2) is 32.1 Å². The second kappa shape index (κ2) is 7.71. The number of amides is 1. The number of aromatic nitrogens is 3. The molecule has 0 aliphatic heterocycles. The molecule has 2 heterocycles. The van der Waals surface area contributed by atoms with Crippen LogP contribution in [0.1, 0.15) is 27.4 Å². The van der Waals surface area contributed by atoms with Crippen LogP contribution in [-0.2, 0) is 6.54 Å². The number of carbonyl (C=O) groups is 1. The Labute approximate surface area is 163 Å². The minimum Gasteiger partial charge on any atom is -0.382 e. The van der Waals surface area contributed by atoms with Gasteiger partial charge in [-0.05, 0) is 50.7 Å². The average molecular weight is 382 g/mol. The van der Waals surface area contributed by atoms with Crippen molar-refractivity contribution in [3.05, 3.63) is 53.0 Å². The van der Waals surface area contributed by atoms with Gasteiger partial charge in [-0.15, -0.1) is 0 Å². The first-order chi connectivity index (χ1) is 12.9. The average Bonchev–Trinajstić information content (AvgIpc) is 2.98. The summed E-state index contributed by atoms with van der Waals surface area (Å²) in [5, 5.41) is 6.04. The molecule has 3 aromatic rings. The van der Waals surface area contributed by atoms with Crippen molar-refractivity contribution >= 4 is 40.1 Å². The van der Waals surface area contributed by atoms with Gasteiger partial charge >= 0.3 is 0 Å². The molecule has 27 heavy (non-hydrogen) atoms. The topological polar surface area (TPSA) is 97.9 Å². The highest BCUT2D eigenvalue weighted by molar-refractivity contribution is 7.80. The molecule has 0 atom stereocenters. The van der Waals surface area contributed by atoms with Crippen molar-refractivity contribution < 1.29 is 4.79 Å². The van der Waals surface area contributed by atoms with Gasteiger partial charge in [-0.1, -0.05) is 18.2 Å². The highest BCUT2D eigenvalue weighted by Gasteiger charge is 2.15. The monoisotopic (exact) mass is 382 g/mol. The summed E-state index contributed by atoms with van der Waals surface area (Å²) in [7, 11) is 0. The second-order valence-corrected chi connectivity index (χ2v) is 6.70. The standard InChI is InChI=1S/C19H22N6OS/c1-11-12(2)22-17(20)15-16(11)25(13(3)23-15)10-9-21-19(27)24-18(26)14-7-5-4-6-8-14/h4-8H,9-10H2,1-3H3,(H2,20,22)(H2,21,24,26,27). The van der Waals surface area contributed by atoms with Crippen LogP contribution in [0.25, 0.3) is 11.0 Å². The van der Waals surface area contributed by atoms with E-state index in [-0.39, 0.29) is 5.91 Å². The quantitative estimate of drug-likeness (QED) is 0.599. The fourth-order valence-electron chi connectivity index (χ4n) is 2.98. The number of aryl methyl sites for hydroxylation is 3. The van der Waals surface area contributed by atoms with Gasteiger partial charge in [0.15, 0.2) is 10.9 Å². The molecule has 0 radical (unpaired) electrons. The number of thiocarbonyl (C=S) groups is 1. The first-order valence-electron chi connectivity index (χ1n) is 8.62. The first kappa shape index (κ1) is 18.8. The SMILES string of the molecule is Cc1nc(N)c2nc(C)n(CCNC(=S)NC(=O)c3ccccc3)c2c1C. The number of fused-ring (bicyclic) bond motifs is 1. The van der Waals surface area contributed by atoms with Crippen molar-refractivity contribution in [2.45, 2.75) is 27.3 Å². The maximum Gasteiger partial charge on any atom is 0.257 e. The van der Waals surface area contributed by atoms with E-state index >= 15 is 0 Å². The number of nitrogens with zero attached hydrogens (tertiary/aromatic N) is 3. The number of carbonyl (C=O) groups excluding carboxylic acids is 1. The maximum atomic E-state index is 12.1. The van der Waals surface area contributed by atoms with Crippen molar-refractivity contribution in [2.75, 3.05) is 12.3 Å². The van der Waals surface area contributed by atoms with Gasteiger partial charge in [-0.3, -0.25) is 10.1 Å². The third-order valence-electron chi connectivity index (χ3n) is 4.47. The lowest BCUT2D eigenvalue weighted by molar-refractivity contribution is 0.0976. The molecule has 1 amide bonds. The van der Waals surface area contributed by atoms with Gasteiger partial charge in [0.1, 0.15) is 11.3 Å². The van der Waals surface area contributed by atoms with Gasteiger partial charge < -0.3 is 15.6 Å². The van der Waals surface area contributed by atoms with Crippen LogP contribution in [0.5, 0.6) is 0 Å². The van der Waals surface area contributed by atoms with Crippen molar-refractivity contribution in [3.8, 4) is 0 Å². The number of anilines is 1. The minimum atomic E-state index is -0.234. The Balaban J connectivity index is 1.66. The van der Waals surface area contributed by atoms with Gasteiger partial charge in [0, 0.05) is 24.3 Å². The molecule has 3 rings (SSSR count). The number of hydrogen-bond donors (Lipinski definition) is 3. The summed E-state index contributed by atoms with van der Waals surface area (Å²) in [5.74, 6) is 1.06. The Morgan fingerprint density at radius 2 is 1.89 bits per heavy atom. The highest BCUT2D eigenvalue weighted by atomic mass is 32.1. The lowest BCUT2D eigenvalue weighted by atomic mass is 10.2. The van der Waals surface area contributed by atoms with E-state index in [2.05, 4.69) is 25.2 Å². The predicted molar refractivity (Wildman–Crippen MR) is 111 cm³/mol. The molecular formula is C19H22N6OS. The molecule has 0 fully saturated rings. The largest absolute Gasteiger partial charge is 0.382 e. The molecule has 140 valence electrons. The molecule has 0 aliphatic rings. The van der Waals surface area contributed by atoms with Crippen LogP contribution in [0, 0.1) is 20.8 Å². The summed E-state index contributed by atoms with van der Waals surface area (Å²) >= 11 is 5.22. The summed E-state index contributed by atoms with van der Waals surface area (Å²) in [6.45, 7) is 7.06. The smallest absolute Gasteiger partial charge is 0.257 e. The molecule has 0 saturated carbocycles. The third-order valence-corrected chi connectivity index (χ3v) is 4.72. The summed E-state index contributed by atoms with van der Waals surface area (Å²) < 4.78 is 2.09. The van der Waals surface area contributed by atoms with Gasteiger partial charge in [0.05, 0.1) is 5.52 Å². The molecule has 0 aliphatic carbocycles. The normalized spacial score (nSPS) is 10.8. The van der Waals surface area contributed by atoms with Crippen molar-refractivity contribution in [2.24, 2.45) is 0 Å². The molecule has 0 unspecified atom stereocenters. The van der Waals surface area contributed by atoms with Gasteiger partial charge in [0.2, 0.25) is 0 Å². The third kappa shape index (κ3) is 3.90. The molecule has 0 spiro atoms. The Morgan fingerprint density at radius 3 is 2.59 bits per heavy atom. The number of nitrogens with one attached hydrogen (secondary N) is 2. The van der Waals surface area contributed by atoms with E-state index in [4.69, 9.17) is 18.0 Å². The summed E-state index contributed by atoms with van der Waals surface area (Å²) in [5.41, 5.74) is 10.2. The van der Waals surface area contributed by atoms with E-state index in [1.165, 1.54) is 0 Å². The Hall–Kier alpha value is -3.00. The molecule has 0 saturated heterocycles. The van der Waals surface area contributed by atoms with Crippen molar-refractivity contribution in [3.63, 3.8) is 0 Å². The van der Waals surface area contributed by atoms with E-state index in [1.54, 1.807) is 12.1 Å². The maximum absolute atomic E-state index is 12.1. The fraction of sp³-hybridized carbons (Fsp3) is 0.263. The van der Waals surface area contributed by atoms with Gasteiger partial charge in [0.25, 0.3) is 5.91 Å². The number of benzene rings is 1. The zero-order chi connectivity index (χ0) is 19.6. The Morgan fingerprint density at radius 1 is 1.19 bits per heavy atom. The number of nitrogens with two attached hydrogens (primary N) is 1. The number of imidazole rings is 1. The minimum absolute atomic E-state index is 0.234. The zero-order valence-electron chi connectivity index (χ0n) is 15.5. The number of rotatable bonds is 4. The second-order valence-electron chi connectivity index (χ2n) is 6.29. The molecular weight excluding hydrogens is 360 g/mol. The van der Waals surface area contributed by atoms with Crippen LogP contribution in [0.15, 0.2) is 30.3 Å². The molecule has 8 heteroatoms. The van der Waals surface area contributed by atoms with Crippen LogP contribution < -0.4 is 16.4 Å². The number of hydrogen-bond acceptors (Lipinski definition) is 5. The summed E-state index contributed by atoms with van der Waals surface area (Å²) in [6.07, 6.45) is 0. The Bertz CT molecular complexity index is 1010. The summed E-state index contributed by atoms with van der Waals surface area (Å²) in [4.78, 5) is 21.0. The molecule has 7 nitrogen and oxygen atoms in total. The van der Waals surface area contributed by atoms with Crippen molar-refractivity contribution in [1.29, 1.82) is 0 Å². The number of nitrogen functional groups attached to an aromatic ring is 1. The van der Waals surface area contributed by atoms with Crippen LogP contribution in [0.3, 0.4) is 0 Å². The van der Waals surface area contributed by atoms with Gasteiger partial charge in [-0.2, -0.15) is 0 Å². The van der Waals surface area contributed by atoms with Crippen LogP contribution >= 0.6 is 12.2 Å². The van der Waals surface area contributed by atoms with Crippen molar-refractivity contribution in [1.82, 2.24) is 25.2 Å². The summed E-state index contributed by atoms with van der Waals surface area (Å²) in [6, 6.07) is 8.95. The lowest BCUT2D eigenvalue weighted by Crippen LogP contribution is -2.40. The van der Waals surface area contributed by atoms with Crippen LogP contribution in [0.4, 0.5) is 5.82 Å². The number of pyridine rings is 1. The molecule has 0 bridgehead atoms.